The molecule has 2 N–H and O–H groups in total. The van der Waals surface area contributed by atoms with Crippen LogP contribution in [-0.4, -0.2) is 61.2 Å². The number of fused-ring (bicyclic) bond motifs is 1. The zero-order chi connectivity index (χ0) is 24.2. The van der Waals surface area contributed by atoms with Crippen LogP contribution < -0.4 is 15.5 Å². The summed E-state index contributed by atoms with van der Waals surface area (Å²) in [6.07, 6.45) is 2.49. The van der Waals surface area contributed by atoms with Gasteiger partial charge in [0.1, 0.15) is 0 Å². The molecule has 2 aliphatic rings. The van der Waals surface area contributed by atoms with Crippen LogP contribution >= 0.6 is 11.3 Å². The summed E-state index contributed by atoms with van der Waals surface area (Å²) >= 11 is 1.38. The molecule has 3 heterocycles. The lowest BCUT2D eigenvalue weighted by Gasteiger charge is -2.35. The lowest BCUT2D eigenvalue weighted by Crippen LogP contribution is -2.39. The van der Waals surface area contributed by atoms with E-state index in [1.807, 2.05) is 41.5 Å². The molecule has 2 aliphatic heterocycles. The Bertz CT molecular complexity index is 1190. The Labute approximate surface area is 208 Å². The average molecular weight is 492 g/mol. The van der Waals surface area contributed by atoms with Crippen molar-refractivity contribution in [3.8, 4) is 11.1 Å². The van der Waals surface area contributed by atoms with Gasteiger partial charge in [0.25, 0.3) is 5.91 Å². The van der Waals surface area contributed by atoms with Gasteiger partial charge in [0.15, 0.2) is 5.01 Å². The van der Waals surface area contributed by atoms with Crippen LogP contribution in [0.15, 0.2) is 48.0 Å². The molecular formula is C26H29N5O3S. The number of nitrogens with one attached hydrogen (secondary N) is 2. The van der Waals surface area contributed by atoms with Crippen LogP contribution in [0.2, 0.25) is 0 Å². The molecular weight excluding hydrogens is 462 g/mol. The third-order valence-electron chi connectivity index (χ3n) is 6.38. The summed E-state index contributed by atoms with van der Waals surface area (Å²) in [6.45, 7) is 6.85. The number of amides is 3. The monoisotopic (exact) mass is 491 g/mol. The van der Waals surface area contributed by atoms with E-state index >= 15 is 0 Å². The number of hydrogen-bond donors (Lipinski definition) is 2. The molecule has 1 aromatic heterocycles. The Hall–Kier alpha value is -3.43. The molecule has 1 fully saturated rings. The molecule has 35 heavy (non-hydrogen) atoms. The fourth-order valence-electron chi connectivity index (χ4n) is 4.65. The van der Waals surface area contributed by atoms with Crippen molar-refractivity contribution in [1.82, 2.24) is 15.2 Å². The van der Waals surface area contributed by atoms with Gasteiger partial charge in [-0.3, -0.25) is 4.79 Å². The van der Waals surface area contributed by atoms with Gasteiger partial charge in [-0.05, 0) is 59.9 Å². The van der Waals surface area contributed by atoms with Gasteiger partial charge in [-0.2, -0.15) is 0 Å². The highest BCUT2D eigenvalue weighted by atomic mass is 32.1. The maximum absolute atomic E-state index is 13.0. The molecule has 0 radical (unpaired) electrons. The number of carbonyl (C=O) groups is 2. The van der Waals surface area contributed by atoms with E-state index in [4.69, 9.17) is 4.74 Å². The highest BCUT2D eigenvalue weighted by Crippen LogP contribution is 2.36. The molecule has 9 heteroatoms. The van der Waals surface area contributed by atoms with Gasteiger partial charge in [-0.1, -0.05) is 12.1 Å². The SMILES string of the molecule is CCNC(=O)Nc1ccc(-c2cc3c(c(N4CCOCC4)c2)CCN(C(=O)c2nccs2)C3)cc1. The molecule has 1 saturated heterocycles. The number of urea groups is 1. The summed E-state index contributed by atoms with van der Waals surface area (Å²) in [5, 5.41) is 7.96. The molecule has 2 aromatic carbocycles. The topological polar surface area (TPSA) is 86.8 Å². The third kappa shape index (κ3) is 5.16. The van der Waals surface area contributed by atoms with Crippen LogP contribution in [0.1, 0.15) is 27.9 Å². The first kappa shape index (κ1) is 23.3. The third-order valence-corrected chi connectivity index (χ3v) is 7.14. The fraction of sp³-hybridized carbons (Fsp3) is 0.346. The molecule has 0 saturated carbocycles. The number of benzene rings is 2. The molecule has 0 atom stereocenters. The number of morpholine rings is 1. The molecule has 0 aliphatic carbocycles. The number of rotatable bonds is 5. The summed E-state index contributed by atoms with van der Waals surface area (Å²) in [5.41, 5.74) is 6.61. The van der Waals surface area contributed by atoms with E-state index in [0.29, 0.717) is 37.9 Å². The maximum Gasteiger partial charge on any atom is 0.319 e. The molecule has 182 valence electrons. The summed E-state index contributed by atoms with van der Waals surface area (Å²) in [4.78, 5) is 33.3. The standard InChI is InChI=1S/C26H29N5O3S/c1-2-27-26(33)29-21-5-3-18(4-6-21)19-15-20-17-31(25(32)24-28-8-14-35-24)9-7-22(20)23(16-19)30-10-12-34-13-11-30/h3-6,8,14-16H,2,7,9-13,17H2,1H3,(H2,27,29,33). The Morgan fingerprint density at radius 1 is 1.09 bits per heavy atom. The lowest BCUT2D eigenvalue weighted by molar-refractivity contribution is 0.0734. The second-order valence-electron chi connectivity index (χ2n) is 8.61. The minimum atomic E-state index is -0.214. The van der Waals surface area contributed by atoms with E-state index in [1.54, 1.807) is 6.20 Å². The van der Waals surface area contributed by atoms with Crippen LogP contribution in [0.5, 0.6) is 0 Å². The summed E-state index contributed by atoms with van der Waals surface area (Å²) in [6, 6.07) is 12.1. The zero-order valence-electron chi connectivity index (χ0n) is 19.8. The quantitative estimate of drug-likeness (QED) is 0.564. The van der Waals surface area contributed by atoms with Crippen molar-refractivity contribution in [2.45, 2.75) is 19.9 Å². The van der Waals surface area contributed by atoms with Crippen molar-refractivity contribution in [2.24, 2.45) is 0 Å². The minimum absolute atomic E-state index is 0.00948. The van der Waals surface area contributed by atoms with E-state index < -0.39 is 0 Å². The average Bonchev–Trinajstić information content (AvgIpc) is 3.43. The van der Waals surface area contributed by atoms with E-state index in [-0.39, 0.29) is 11.9 Å². The summed E-state index contributed by atoms with van der Waals surface area (Å²) < 4.78 is 5.59. The number of aromatic nitrogens is 1. The molecule has 3 aromatic rings. The number of hydrogen-bond acceptors (Lipinski definition) is 6. The smallest absolute Gasteiger partial charge is 0.319 e. The Morgan fingerprint density at radius 2 is 1.89 bits per heavy atom. The Kier molecular flexibility index (Phi) is 6.96. The van der Waals surface area contributed by atoms with Gasteiger partial charge >= 0.3 is 6.03 Å². The first-order chi connectivity index (χ1) is 17.1. The number of ether oxygens (including phenoxy) is 1. The van der Waals surface area contributed by atoms with Gasteiger partial charge in [-0.15, -0.1) is 11.3 Å². The van der Waals surface area contributed by atoms with Gasteiger partial charge in [0.05, 0.1) is 13.2 Å². The largest absolute Gasteiger partial charge is 0.378 e. The normalized spacial score (nSPS) is 15.5. The summed E-state index contributed by atoms with van der Waals surface area (Å²) in [5.74, 6) is -0.00948. The highest BCUT2D eigenvalue weighted by molar-refractivity contribution is 7.11. The van der Waals surface area contributed by atoms with E-state index in [0.717, 1.165) is 36.3 Å². The lowest BCUT2D eigenvalue weighted by atomic mass is 9.92. The van der Waals surface area contributed by atoms with E-state index in [2.05, 4.69) is 32.7 Å². The first-order valence-electron chi connectivity index (χ1n) is 11.9. The van der Waals surface area contributed by atoms with Gasteiger partial charge in [0.2, 0.25) is 0 Å². The first-order valence-corrected chi connectivity index (χ1v) is 12.8. The zero-order valence-corrected chi connectivity index (χ0v) is 20.6. The number of carbonyl (C=O) groups excluding carboxylic acids is 2. The van der Waals surface area contributed by atoms with Crippen molar-refractivity contribution < 1.29 is 14.3 Å². The fourth-order valence-corrected chi connectivity index (χ4v) is 5.25. The van der Waals surface area contributed by atoms with Crippen molar-refractivity contribution in [2.75, 3.05) is 49.6 Å². The predicted octanol–water partition coefficient (Wildman–Crippen LogP) is 3.99. The number of anilines is 2. The molecule has 0 spiro atoms. The van der Waals surface area contributed by atoms with Crippen LogP contribution in [0.25, 0.3) is 11.1 Å². The maximum atomic E-state index is 13.0. The highest BCUT2D eigenvalue weighted by Gasteiger charge is 2.27. The van der Waals surface area contributed by atoms with Crippen LogP contribution in [-0.2, 0) is 17.7 Å². The van der Waals surface area contributed by atoms with Crippen molar-refractivity contribution in [3.05, 3.63) is 64.1 Å². The van der Waals surface area contributed by atoms with Gasteiger partial charge < -0.3 is 25.2 Å². The van der Waals surface area contributed by atoms with Crippen molar-refractivity contribution in [3.63, 3.8) is 0 Å². The molecule has 0 unspecified atom stereocenters. The molecule has 0 bridgehead atoms. The second-order valence-corrected chi connectivity index (χ2v) is 9.50. The number of thiazole rings is 1. The van der Waals surface area contributed by atoms with Crippen molar-refractivity contribution >= 4 is 34.6 Å². The summed E-state index contributed by atoms with van der Waals surface area (Å²) in [7, 11) is 0. The van der Waals surface area contributed by atoms with E-state index in [9.17, 15) is 9.59 Å². The van der Waals surface area contributed by atoms with Crippen LogP contribution in [0.3, 0.4) is 0 Å². The molecule has 5 rings (SSSR count). The minimum Gasteiger partial charge on any atom is -0.378 e. The molecule has 3 amide bonds. The van der Waals surface area contributed by atoms with Gasteiger partial charge in [-0.25, -0.2) is 9.78 Å². The van der Waals surface area contributed by atoms with Gasteiger partial charge in [0, 0.05) is 55.7 Å². The van der Waals surface area contributed by atoms with Crippen LogP contribution in [0, 0.1) is 0 Å². The Morgan fingerprint density at radius 3 is 2.60 bits per heavy atom. The Balaban J connectivity index is 1.46. The van der Waals surface area contributed by atoms with Crippen LogP contribution in [0.4, 0.5) is 16.2 Å². The predicted molar refractivity (Wildman–Crippen MR) is 138 cm³/mol. The second kappa shape index (κ2) is 10.5. The number of nitrogens with zero attached hydrogens (tertiary/aromatic N) is 3. The van der Waals surface area contributed by atoms with E-state index in [1.165, 1.54) is 28.2 Å². The van der Waals surface area contributed by atoms with Crippen molar-refractivity contribution in [1.29, 1.82) is 0 Å². The molecule has 8 nitrogen and oxygen atoms in total.